The molecule has 1 nitrogen and oxygen atoms in total. The molecule has 1 N–H and O–H groups in total. The van der Waals surface area contributed by atoms with Crippen molar-refractivity contribution in [2.45, 2.75) is 25.7 Å². The average Bonchev–Trinajstić information content (AvgIpc) is 2.38. The van der Waals surface area contributed by atoms with Gasteiger partial charge in [0.05, 0.1) is 0 Å². The van der Waals surface area contributed by atoms with Crippen LogP contribution in [0, 0.1) is 5.92 Å². The highest BCUT2D eigenvalue weighted by atomic mass is 14.8. The average molecular weight is 215 g/mol. The molecule has 0 amide bonds. The summed E-state index contributed by atoms with van der Waals surface area (Å²) in [5.74, 6) is 0.575. The van der Waals surface area contributed by atoms with E-state index in [0.717, 1.165) is 6.54 Å². The molecule has 16 heavy (non-hydrogen) atoms. The lowest BCUT2D eigenvalue weighted by Gasteiger charge is -2.24. The number of allylic oxidation sites excluding steroid dienone is 6. The zero-order valence-electron chi connectivity index (χ0n) is 10.1. The van der Waals surface area contributed by atoms with Crippen molar-refractivity contribution in [2.75, 3.05) is 13.6 Å². The summed E-state index contributed by atoms with van der Waals surface area (Å²) >= 11 is 0. The van der Waals surface area contributed by atoms with Gasteiger partial charge in [0.2, 0.25) is 0 Å². The van der Waals surface area contributed by atoms with E-state index in [9.17, 15) is 0 Å². The van der Waals surface area contributed by atoms with Crippen LogP contribution in [-0.4, -0.2) is 13.6 Å². The molecule has 2 aliphatic rings. The van der Waals surface area contributed by atoms with Gasteiger partial charge < -0.3 is 5.32 Å². The number of rotatable bonds is 4. The van der Waals surface area contributed by atoms with Crippen LogP contribution in [-0.2, 0) is 0 Å². The molecule has 1 unspecified atom stereocenters. The lowest BCUT2D eigenvalue weighted by atomic mass is 9.84. The van der Waals surface area contributed by atoms with Crippen molar-refractivity contribution in [3.8, 4) is 0 Å². The van der Waals surface area contributed by atoms with E-state index in [4.69, 9.17) is 0 Å². The second kappa shape index (κ2) is 5.86. The molecule has 0 aromatic rings. The first-order valence-corrected chi connectivity index (χ1v) is 6.28. The van der Waals surface area contributed by atoms with Crippen molar-refractivity contribution < 1.29 is 0 Å². The number of hydrogen-bond acceptors (Lipinski definition) is 1. The minimum absolute atomic E-state index is 0.575. The predicted molar refractivity (Wildman–Crippen MR) is 70.3 cm³/mol. The van der Waals surface area contributed by atoms with Gasteiger partial charge in [-0.15, -0.1) is 0 Å². The lowest BCUT2D eigenvalue weighted by molar-refractivity contribution is 0.621. The van der Waals surface area contributed by atoms with Gasteiger partial charge in [0.15, 0.2) is 0 Å². The molecular weight excluding hydrogens is 194 g/mol. The van der Waals surface area contributed by atoms with E-state index in [0.29, 0.717) is 5.92 Å². The van der Waals surface area contributed by atoms with Crippen molar-refractivity contribution in [3.05, 3.63) is 47.6 Å². The van der Waals surface area contributed by atoms with Crippen molar-refractivity contribution in [1.82, 2.24) is 5.32 Å². The fraction of sp³-hybridized carbons (Fsp3) is 0.467. The van der Waals surface area contributed by atoms with E-state index in [2.05, 4.69) is 41.8 Å². The van der Waals surface area contributed by atoms with Crippen LogP contribution in [0.15, 0.2) is 47.6 Å². The van der Waals surface area contributed by atoms with Crippen LogP contribution >= 0.6 is 0 Å². The molecule has 2 rings (SSSR count). The highest BCUT2D eigenvalue weighted by Gasteiger charge is 2.17. The highest BCUT2D eigenvalue weighted by Crippen LogP contribution is 2.29. The van der Waals surface area contributed by atoms with Crippen LogP contribution in [0.25, 0.3) is 0 Å². The molecule has 0 bridgehead atoms. The SMILES string of the molecule is CNCC(C1=CCCC=C1)C1=CC=CCC1. The predicted octanol–water partition coefficient (Wildman–Crippen LogP) is 3.37. The monoisotopic (exact) mass is 215 g/mol. The highest BCUT2D eigenvalue weighted by molar-refractivity contribution is 5.35. The molecule has 1 atom stereocenters. The van der Waals surface area contributed by atoms with Crippen LogP contribution in [0.5, 0.6) is 0 Å². The minimum atomic E-state index is 0.575. The maximum atomic E-state index is 3.32. The Morgan fingerprint density at radius 3 is 2.81 bits per heavy atom. The first kappa shape index (κ1) is 11.4. The quantitative estimate of drug-likeness (QED) is 0.758. The molecule has 1 heteroatoms. The first-order chi connectivity index (χ1) is 7.92. The largest absolute Gasteiger partial charge is 0.319 e. The summed E-state index contributed by atoms with van der Waals surface area (Å²) in [7, 11) is 2.04. The normalized spacial score (nSPS) is 21.6. The van der Waals surface area contributed by atoms with Gasteiger partial charge in [0.1, 0.15) is 0 Å². The molecule has 0 aromatic heterocycles. The number of nitrogens with one attached hydrogen (secondary N) is 1. The third-order valence-electron chi connectivity index (χ3n) is 3.33. The van der Waals surface area contributed by atoms with E-state index in [1.807, 2.05) is 7.05 Å². The van der Waals surface area contributed by atoms with Gasteiger partial charge in [-0.3, -0.25) is 0 Å². The second-order valence-electron chi connectivity index (χ2n) is 4.50. The Balaban J connectivity index is 2.15. The van der Waals surface area contributed by atoms with Crippen LogP contribution in [0.2, 0.25) is 0 Å². The smallest absolute Gasteiger partial charge is 0.0173 e. The third kappa shape index (κ3) is 2.73. The first-order valence-electron chi connectivity index (χ1n) is 6.28. The Bertz CT molecular complexity index is 344. The van der Waals surface area contributed by atoms with E-state index in [-0.39, 0.29) is 0 Å². The summed E-state index contributed by atoms with van der Waals surface area (Å²) in [5.41, 5.74) is 3.08. The maximum absolute atomic E-state index is 3.32. The van der Waals surface area contributed by atoms with Gasteiger partial charge in [0.25, 0.3) is 0 Å². The molecule has 0 heterocycles. The second-order valence-corrected chi connectivity index (χ2v) is 4.50. The Labute approximate surface area is 98.6 Å². The Kier molecular flexibility index (Phi) is 4.17. The summed E-state index contributed by atoms with van der Waals surface area (Å²) < 4.78 is 0. The Hall–Kier alpha value is -1.08. The standard InChI is InChI=1S/C15H21N/c1-16-12-15(13-8-4-2-5-9-13)14-10-6-3-7-11-14/h2,4,6,8,10-11,15-16H,3,5,7,9,12H2,1H3. The lowest BCUT2D eigenvalue weighted by Crippen LogP contribution is -2.23. The van der Waals surface area contributed by atoms with Crippen molar-refractivity contribution in [3.63, 3.8) is 0 Å². The molecule has 0 radical (unpaired) electrons. The van der Waals surface area contributed by atoms with Crippen molar-refractivity contribution >= 4 is 0 Å². The van der Waals surface area contributed by atoms with Gasteiger partial charge in [-0.2, -0.15) is 0 Å². The molecule has 0 fully saturated rings. The molecule has 86 valence electrons. The summed E-state index contributed by atoms with van der Waals surface area (Å²) in [6.45, 7) is 1.05. The molecule has 0 spiro atoms. The molecule has 2 aliphatic carbocycles. The summed E-state index contributed by atoms with van der Waals surface area (Å²) in [5, 5.41) is 3.32. The summed E-state index contributed by atoms with van der Waals surface area (Å²) in [6, 6.07) is 0. The van der Waals surface area contributed by atoms with Gasteiger partial charge in [0, 0.05) is 12.5 Å². The van der Waals surface area contributed by atoms with Crippen molar-refractivity contribution in [2.24, 2.45) is 5.92 Å². The maximum Gasteiger partial charge on any atom is 0.0173 e. The third-order valence-corrected chi connectivity index (χ3v) is 3.33. The summed E-state index contributed by atoms with van der Waals surface area (Å²) in [6.07, 6.45) is 18.6. The van der Waals surface area contributed by atoms with Gasteiger partial charge in [-0.05, 0) is 38.3 Å². The fourth-order valence-electron chi connectivity index (χ4n) is 2.47. The molecule has 0 saturated carbocycles. The van der Waals surface area contributed by atoms with Crippen LogP contribution in [0.1, 0.15) is 25.7 Å². The van der Waals surface area contributed by atoms with E-state index < -0.39 is 0 Å². The Morgan fingerprint density at radius 1 is 1.25 bits per heavy atom. The number of hydrogen-bond donors (Lipinski definition) is 1. The summed E-state index contributed by atoms with van der Waals surface area (Å²) in [4.78, 5) is 0. The fourth-order valence-corrected chi connectivity index (χ4v) is 2.47. The van der Waals surface area contributed by atoms with Gasteiger partial charge in [-0.25, -0.2) is 0 Å². The minimum Gasteiger partial charge on any atom is -0.319 e. The topological polar surface area (TPSA) is 12.0 Å². The molecule has 0 aromatic carbocycles. The van der Waals surface area contributed by atoms with Crippen LogP contribution in [0.4, 0.5) is 0 Å². The van der Waals surface area contributed by atoms with E-state index >= 15 is 0 Å². The van der Waals surface area contributed by atoms with Crippen LogP contribution in [0.3, 0.4) is 0 Å². The molecule has 0 aliphatic heterocycles. The molecular formula is C15H21N. The zero-order valence-corrected chi connectivity index (χ0v) is 10.1. The van der Waals surface area contributed by atoms with Gasteiger partial charge >= 0.3 is 0 Å². The van der Waals surface area contributed by atoms with Gasteiger partial charge in [-0.1, -0.05) is 42.0 Å². The van der Waals surface area contributed by atoms with E-state index in [1.165, 1.54) is 31.3 Å². The zero-order chi connectivity index (χ0) is 11.2. The van der Waals surface area contributed by atoms with Crippen molar-refractivity contribution in [1.29, 1.82) is 0 Å². The van der Waals surface area contributed by atoms with E-state index in [1.54, 1.807) is 5.57 Å². The Morgan fingerprint density at radius 2 is 2.19 bits per heavy atom. The molecule has 0 saturated heterocycles. The van der Waals surface area contributed by atoms with Crippen LogP contribution < -0.4 is 5.32 Å².